The Morgan fingerprint density at radius 2 is 1.71 bits per heavy atom. The largest absolute Gasteiger partial charge is 0.416 e. The van der Waals surface area contributed by atoms with Crippen molar-refractivity contribution in [1.29, 1.82) is 0 Å². The van der Waals surface area contributed by atoms with E-state index in [9.17, 15) is 0 Å². The Morgan fingerprint density at radius 1 is 1.14 bits per heavy atom. The topological polar surface area (TPSA) is 9.23 Å². The van der Waals surface area contributed by atoms with Gasteiger partial charge in [0, 0.05) is 11.1 Å². The molecule has 0 radical (unpaired) electrons. The van der Waals surface area contributed by atoms with Gasteiger partial charge in [0.1, 0.15) is 0 Å². The molecule has 86 valence electrons. The van der Waals surface area contributed by atoms with Crippen LogP contribution in [0.3, 0.4) is 0 Å². The van der Waals surface area contributed by atoms with Crippen LogP contribution >= 0.6 is 15.9 Å². The molecule has 0 aliphatic rings. The monoisotopic (exact) mass is 280 g/mol. The molecule has 0 saturated heterocycles. The van der Waals surface area contributed by atoms with Gasteiger partial charge in [0.25, 0.3) is 0 Å². The van der Waals surface area contributed by atoms with Gasteiger partial charge in [0.2, 0.25) is 8.32 Å². The minimum atomic E-state index is -1.47. The molecule has 0 aromatic rings. The van der Waals surface area contributed by atoms with Crippen LogP contribution in [0.1, 0.15) is 47.0 Å². The molecular formula is C11H25BrOSi. The highest BCUT2D eigenvalue weighted by Gasteiger charge is 2.37. The summed E-state index contributed by atoms with van der Waals surface area (Å²) in [6, 6.07) is 2.47. The first-order chi connectivity index (χ1) is 6.66. The lowest BCUT2D eigenvalue weighted by Gasteiger charge is -2.33. The van der Waals surface area contributed by atoms with Gasteiger partial charge < -0.3 is 4.43 Å². The van der Waals surface area contributed by atoms with Crippen LogP contribution in [0, 0.1) is 0 Å². The summed E-state index contributed by atoms with van der Waals surface area (Å²) in [5, 5.41) is 0. The minimum Gasteiger partial charge on any atom is -0.416 e. The fourth-order valence-electron chi connectivity index (χ4n) is 1.78. The Balaban J connectivity index is 4.21. The minimum absolute atomic E-state index is 0.627. The zero-order valence-electron chi connectivity index (χ0n) is 10.1. The highest BCUT2D eigenvalue weighted by Crippen LogP contribution is 2.28. The smallest absolute Gasteiger partial charge is 0.205 e. The standard InChI is InChI=1S/C11H25BrOSi/c1-5-9-10-13-14(7-3,8-4)11(12)6-2/h11H,5-10H2,1-4H3. The fourth-order valence-corrected chi connectivity index (χ4v) is 7.39. The second kappa shape index (κ2) is 7.89. The van der Waals surface area contributed by atoms with Crippen LogP contribution in [-0.2, 0) is 4.43 Å². The summed E-state index contributed by atoms with van der Waals surface area (Å²) in [5.41, 5.74) is 0. The van der Waals surface area contributed by atoms with Crippen molar-refractivity contribution in [3.05, 3.63) is 0 Å². The van der Waals surface area contributed by atoms with Crippen LogP contribution < -0.4 is 0 Å². The molecule has 1 atom stereocenters. The molecule has 3 heteroatoms. The summed E-state index contributed by atoms with van der Waals surface area (Å²) >= 11 is 3.81. The van der Waals surface area contributed by atoms with Crippen molar-refractivity contribution < 1.29 is 4.43 Å². The maximum Gasteiger partial charge on any atom is 0.205 e. The van der Waals surface area contributed by atoms with E-state index >= 15 is 0 Å². The van der Waals surface area contributed by atoms with Gasteiger partial charge in [-0.2, -0.15) is 0 Å². The molecule has 0 amide bonds. The molecule has 0 aromatic heterocycles. The van der Waals surface area contributed by atoms with Gasteiger partial charge in [-0.1, -0.05) is 50.0 Å². The van der Waals surface area contributed by atoms with E-state index in [1.165, 1.54) is 31.4 Å². The van der Waals surface area contributed by atoms with E-state index in [-0.39, 0.29) is 0 Å². The molecular weight excluding hydrogens is 256 g/mol. The van der Waals surface area contributed by atoms with Crippen LogP contribution in [0.25, 0.3) is 0 Å². The average Bonchev–Trinajstić information content (AvgIpc) is 2.24. The van der Waals surface area contributed by atoms with E-state index in [2.05, 4.69) is 43.6 Å². The third-order valence-electron chi connectivity index (χ3n) is 3.01. The molecule has 0 saturated carbocycles. The number of hydrogen-bond acceptors (Lipinski definition) is 1. The van der Waals surface area contributed by atoms with Crippen molar-refractivity contribution in [2.24, 2.45) is 0 Å². The normalized spacial score (nSPS) is 14.4. The molecule has 14 heavy (non-hydrogen) atoms. The molecule has 1 unspecified atom stereocenters. The Labute approximate surface area is 98.9 Å². The summed E-state index contributed by atoms with van der Waals surface area (Å²) in [6.07, 6.45) is 3.63. The van der Waals surface area contributed by atoms with Gasteiger partial charge in [-0.05, 0) is 24.9 Å². The molecule has 0 heterocycles. The van der Waals surface area contributed by atoms with Gasteiger partial charge >= 0.3 is 0 Å². The number of halogens is 1. The SMILES string of the molecule is CCCCO[Si](CC)(CC)C(Br)CC. The van der Waals surface area contributed by atoms with E-state index < -0.39 is 8.32 Å². The van der Waals surface area contributed by atoms with Gasteiger partial charge in [-0.15, -0.1) is 0 Å². The molecule has 0 aliphatic carbocycles. The Morgan fingerprint density at radius 3 is 2.07 bits per heavy atom. The highest BCUT2D eigenvalue weighted by atomic mass is 79.9. The van der Waals surface area contributed by atoms with E-state index in [0.29, 0.717) is 4.45 Å². The quantitative estimate of drug-likeness (QED) is 0.361. The summed E-state index contributed by atoms with van der Waals surface area (Å²) in [4.78, 5) is 0. The molecule has 0 aliphatic heterocycles. The third-order valence-corrected chi connectivity index (χ3v) is 10.9. The average molecular weight is 281 g/mol. The van der Waals surface area contributed by atoms with E-state index in [1.807, 2.05) is 0 Å². The predicted molar refractivity (Wildman–Crippen MR) is 70.6 cm³/mol. The fraction of sp³-hybridized carbons (Fsp3) is 1.00. The van der Waals surface area contributed by atoms with E-state index in [1.54, 1.807) is 0 Å². The van der Waals surface area contributed by atoms with Crippen LogP contribution in [0.2, 0.25) is 12.1 Å². The van der Waals surface area contributed by atoms with Crippen LogP contribution in [-0.4, -0.2) is 19.4 Å². The predicted octanol–water partition coefficient (Wildman–Crippen LogP) is 4.50. The van der Waals surface area contributed by atoms with E-state index in [4.69, 9.17) is 4.43 Å². The highest BCUT2D eigenvalue weighted by molar-refractivity contribution is 9.10. The Bertz CT molecular complexity index is 137. The van der Waals surface area contributed by atoms with Gasteiger partial charge in [-0.3, -0.25) is 0 Å². The van der Waals surface area contributed by atoms with Crippen molar-refractivity contribution in [1.82, 2.24) is 0 Å². The third kappa shape index (κ3) is 4.03. The Kier molecular flexibility index (Phi) is 8.26. The van der Waals surface area contributed by atoms with Crippen LogP contribution in [0.5, 0.6) is 0 Å². The van der Waals surface area contributed by atoms with E-state index in [0.717, 1.165) is 6.61 Å². The first-order valence-electron chi connectivity index (χ1n) is 5.94. The van der Waals surface area contributed by atoms with Crippen molar-refractivity contribution >= 4 is 24.2 Å². The van der Waals surface area contributed by atoms with Crippen LogP contribution in [0.15, 0.2) is 0 Å². The summed E-state index contributed by atoms with van der Waals surface area (Å²) in [7, 11) is -1.47. The molecule has 0 spiro atoms. The Hall–Kier alpha value is 0.657. The molecule has 0 N–H and O–H groups in total. The summed E-state index contributed by atoms with van der Waals surface area (Å²) in [6.45, 7) is 10.00. The summed E-state index contributed by atoms with van der Waals surface area (Å²) in [5.74, 6) is 0. The van der Waals surface area contributed by atoms with Gasteiger partial charge in [0.05, 0.1) is 0 Å². The lowest BCUT2D eigenvalue weighted by Crippen LogP contribution is -2.46. The number of alkyl halides is 1. The zero-order valence-corrected chi connectivity index (χ0v) is 12.7. The van der Waals surface area contributed by atoms with Crippen molar-refractivity contribution in [2.75, 3.05) is 6.61 Å². The summed E-state index contributed by atoms with van der Waals surface area (Å²) < 4.78 is 6.84. The van der Waals surface area contributed by atoms with Gasteiger partial charge in [-0.25, -0.2) is 0 Å². The van der Waals surface area contributed by atoms with Gasteiger partial charge in [0.15, 0.2) is 0 Å². The molecule has 1 nitrogen and oxygen atoms in total. The second-order valence-electron chi connectivity index (χ2n) is 3.85. The van der Waals surface area contributed by atoms with Crippen molar-refractivity contribution in [2.45, 2.75) is 63.5 Å². The van der Waals surface area contributed by atoms with Crippen LogP contribution in [0.4, 0.5) is 0 Å². The number of hydrogen-bond donors (Lipinski definition) is 0. The molecule has 0 aromatic carbocycles. The molecule has 0 bridgehead atoms. The zero-order chi connectivity index (χ0) is 11.0. The number of rotatable bonds is 8. The van der Waals surface area contributed by atoms with Crippen molar-refractivity contribution in [3.63, 3.8) is 0 Å². The first-order valence-corrected chi connectivity index (χ1v) is 9.26. The first kappa shape index (κ1) is 14.7. The van der Waals surface area contributed by atoms with Crippen molar-refractivity contribution in [3.8, 4) is 0 Å². The molecule has 0 rings (SSSR count). The lowest BCUT2D eigenvalue weighted by atomic mass is 10.4. The number of unbranched alkanes of at least 4 members (excludes halogenated alkanes) is 1. The maximum absolute atomic E-state index is 6.21. The lowest BCUT2D eigenvalue weighted by molar-refractivity contribution is 0.289. The molecule has 0 fully saturated rings. The maximum atomic E-state index is 6.21. The second-order valence-corrected chi connectivity index (χ2v) is 10.3.